The number of amides is 1. The Balaban J connectivity index is 2.07. The molecule has 196 valence electrons. The van der Waals surface area contributed by atoms with E-state index in [4.69, 9.17) is 16.3 Å². The van der Waals surface area contributed by atoms with Crippen molar-refractivity contribution < 1.29 is 40.7 Å². The van der Waals surface area contributed by atoms with Crippen LogP contribution in [0.2, 0.25) is 5.15 Å². The molecule has 0 aliphatic heterocycles. The zero-order chi connectivity index (χ0) is 27.4. The molecule has 2 heterocycles. The lowest BCUT2D eigenvalue weighted by atomic mass is 10.0. The van der Waals surface area contributed by atoms with Gasteiger partial charge in [0, 0.05) is 49.7 Å². The molecule has 1 aromatic carbocycles. The second-order valence-corrected chi connectivity index (χ2v) is 8.17. The van der Waals surface area contributed by atoms with Crippen LogP contribution in [0.15, 0.2) is 55.0 Å². The third-order valence-electron chi connectivity index (χ3n) is 5.10. The highest BCUT2D eigenvalue weighted by Crippen LogP contribution is 2.37. The molecule has 0 fully saturated rings. The number of carbonyl (C=O) groups is 2. The molecule has 0 aliphatic rings. The Bertz CT molecular complexity index is 1250. The number of ether oxygens (including phenoxy) is 1. The van der Waals surface area contributed by atoms with Gasteiger partial charge in [-0.05, 0) is 41.5 Å². The quantitative estimate of drug-likeness (QED) is 0.209. The second-order valence-electron chi connectivity index (χ2n) is 7.81. The minimum atomic E-state index is -5.07. The average molecular weight is 546 g/mol. The van der Waals surface area contributed by atoms with Crippen molar-refractivity contribution in [3.63, 3.8) is 0 Å². The molecule has 0 unspecified atom stereocenters. The first-order valence-electron chi connectivity index (χ1n) is 10.5. The Hall–Kier alpha value is -3.67. The number of pyridine rings is 2. The van der Waals surface area contributed by atoms with Crippen LogP contribution in [0.25, 0.3) is 11.1 Å². The van der Waals surface area contributed by atoms with Gasteiger partial charge in [-0.25, -0.2) is 4.98 Å². The fourth-order valence-electron chi connectivity index (χ4n) is 3.42. The topological polar surface area (TPSA) is 72.4 Å². The highest BCUT2D eigenvalue weighted by molar-refractivity contribution is 6.30. The summed E-state index contributed by atoms with van der Waals surface area (Å²) in [6.45, 7) is -0.793. The summed E-state index contributed by atoms with van der Waals surface area (Å²) in [6.07, 6.45) is -5.72. The summed E-state index contributed by atoms with van der Waals surface area (Å²) < 4.78 is 84.8. The van der Waals surface area contributed by atoms with Crippen LogP contribution in [0.5, 0.6) is 0 Å². The summed E-state index contributed by atoms with van der Waals surface area (Å²) in [6, 6.07) is 5.93. The molecule has 2 aromatic heterocycles. The molecule has 0 saturated carbocycles. The summed E-state index contributed by atoms with van der Waals surface area (Å²) in [4.78, 5) is 33.0. The SMILES string of the molecule is CC(=O)OCC(=O)N(Cc1cc(C(F)(F)F)cc(C(F)(F)F)c1)Cc1c(-c2cccnc2)ccnc1Cl. The van der Waals surface area contributed by atoms with Gasteiger partial charge in [-0.3, -0.25) is 14.6 Å². The van der Waals surface area contributed by atoms with E-state index in [1.165, 1.54) is 18.6 Å². The standard InChI is InChI=1S/C24H18ClF6N3O3/c1-14(35)37-13-21(36)34(11-15-7-17(23(26,27)28)9-18(8-15)24(29,30)31)12-20-19(4-6-33-22(20)25)16-3-2-5-32-10-16/h2-10H,11-13H2,1H3. The van der Waals surface area contributed by atoms with Crippen molar-refractivity contribution in [2.75, 3.05) is 6.61 Å². The fourth-order valence-corrected chi connectivity index (χ4v) is 3.64. The van der Waals surface area contributed by atoms with Gasteiger partial charge < -0.3 is 9.64 Å². The molecule has 37 heavy (non-hydrogen) atoms. The van der Waals surface area contributed by atoms with Crippen molar-refractivity contribution in [3.05, 3.63) is 82.4 Å². The molecule has 13 heteroatoms. The minimum Gasteiger partial charge on any atom is -0.456 e. The number of hydrogen-bond donors (Lipinski definition) is 0. The largest absolute Gasteiger partial charge is 0.456 e. The molecule has 3 aromatic rings. The lowest BCUT2D eigenvalue weighted by molar-refractivity contribution is -0.150. The molecule has 0 bridgehead atoms. The van der Waals surface area contributed by atoms with Gasteiger partial charge in [0.1, 0.15) is 5.15 Å². The van der Waals surface area contributed by atoms with Crippen molar-refractivity contribution >= 4 is 23.5 Å². The third-order valence-corrected chi connectivity index (χ3v) is 5.42. The molecule has 0 saturated heterocycles. The lowest BCUT2D eigenvalue weighted by Crippen LogP contribution is -2.34. The predicted octanol–water partition coefficient (Wildman–Crippen LogP) is 5.93. The number of hydrogen-bond acceptors (Lipinski definition) is 5. The predicted molar refractivity (Wildman–Crippen MR) is 120 cm³/mol. The van der Waals surface area contributed by atoms with Crippen LogP contribution >= 0.6 is 11.6 Å². The molecule has 0 aliphatic carbocycles. The Morgan fingerprint density at radius 1 is 0.973 bits per heavy atom. The summed E-state index contributed by atoms with van der Waals surface area (Å²) in [5.41, 5.74) is -2.18. The van der Waals surface area contributed by atoms with Gasteiger partial charge in [-0.2, -0.15) is 26.3 Å². The molecule has 0 radical (unpaired) electrons. The van der Waals surface area contributed by atoms with Gasteiger partial charge >= 0.3 is 18.3 Å². The van der Waals surface area contributed by atoms with E-state index in [1.54, 1.807) is 18.2 Å². The monoisotopic (exact) mass is 545 g/mol. The molecule has 6 nitrogen and oxygen atoms in total. The first kappa shape index (κ1) is 27.9. The summed E-state index contributed by atoms with van der Waals surface area (Å²) in [7, 11) is 0. The molecule has 1 amide bonds. The van der Waals surface area contributed by atoms with E-state index in [2.05, 4.69) is 9.97 Å². The van der Waals surface area contributed by atoms with Crippen LogP contribution in [0.1, 0.15) is 29.2 Å². The average Bonchev–Trinajstić information content (AvgIpc) is 2.82. The summed E-state index contributed by atoms with van der Waals surface area (Å²) in [5, 5.41) is -0.0494. The first-order chi connectivity index (χ1) is 17.3. The molecule has 0 spiro atoms. The van der Waals surface area contributed by atoms with E-state index in [1.807, 2.05) is 0 Å². The van der Waals surface area contributed by atoms with Gasteiger partial charge in [-0.1, -0.05) is 17.7 Å². The molecule has 0 atom stereocenters. The van der Waals surface area contributed by atoms with Gasteiger partial charge in [0.15, 0.2) is 6.61 Å². The Morgan fingerprint density at radius 2 is 1.62 bits per heavy atom. The molecular weight excluding hydrogens is 528 g/mol. The number of esters is 1. The summed E-state index contributed by atoms with van der Waals surface area (Å²) in [5.74, 6) is -1.68. The highest BCUT2D eigenvalue weighted by Gasteiger charge is 2.37. The number of benzene rings is 1. The Labute approximate surface area is 211 Å². The van der Waals surface area contributed by atoms with Crippen molar-refractivity contribution in [2.45, 2.75) is 32.4 Å². The number of nitrogens with zero attached hydrogens (tertiary/aromatic N) is 3. The van der Waals surface area contributed by atoms with Gasteiger partial charge in [0.25, 0.3) is 5.91 Å². The van der Waals surface area contributed by atoms with E-state index in [0.717, 1.165) is 11.8 Å². The Morgan fingerprint density at radius 3 is 2.16 bits per heavy atom. The van der Waals surface area contributed by atoms with Crippen molar-refractivity contribution in [1.29, 1.82) is 0 Å². The van der Waals surface area contributed by atoms with E-state index in [0.29, 0.717) is 23.3 Å². The maximum absolute atomic E-state index is 13.3. The van der Waals surface area contributed by atoms with Crippen LogP contribution < -0.4 is 0 Å². The maximum atomic E-state index is 13.3. The third kappa shape index (κ3) is 7.42. The van der Waals surface area contributed by atoms with Gasteiger partial charge in [0.05, 0.1) is 11.1 Å². The minimum absolute atomic E-state index is 0.00693. The van der Waals surface area contributed by atoms with E-state index < -0.39 is 54.1 Å². The molecular formula is C24H18ClF6N3O3. The van der Waals surface area contributed by atoms with Crippen LogP contribution in [0.3, 0.4) is 0 Å². The lowest BCUT2D eigenvalue weighted by Gasteiger charge is -2.25. The molecule has 0 N–H and O–H groups in total. The number of aromatic nitrogens is 2. The molecule has 3 rings (SSSR count). The number of halogens is 7. The first-order valence-corrected chi connectivity index (χ1v) is 10.9. The number of rotatable bonds is 7. The van der Waals surface area contributed by atoms with Crippen molar-refractivity contribution in [2.24, 2.45) is 0 Å². The van der Waals surface area contributed by atoms with Gasteiger partial charge in [-0.15, -0.1) is 0 Å². The van der Waals surface area contributed by atoms with E-state index in [-0.39, 0.29) is 23.3 Å². The fraction of sp³-hybridized carbons (Fsp3) is 0.250. The van der Waals surface area contributed by atoms with Crippen LogP contribution in [0, 0.1) is 0 Å². The highest BCUT2D eigenvalue weighted by atomic mass is 35.5. The Kier molecular flexibility index (Phi) is 8.42. The zero-order valence-electron chi connectivity index (χ0n) is 19.0. The van der Waals surface area contributed by atoms with E-state index >= 15 is 0 Å². The van der Waals surface area contributed by atoms with Gasteiger partial charge in [0.2, 0.25) is 0 Å². The normalized spacial score (nSPS) is 11.8. The number of alkyl halides is 6. The maximum Gasteiger partial charge on any atom is 0.416 e. The van der Waals surface area contributed by atoms with Crippen LogP contribution in [0.4, 0.5) is 26.3 Å². The van der Waals surface area contributed by atoms with Crippen molar-refractivity contribution in [1.82, 2.24) is 14.9 Å². The van der Waals surface area contributed by atoms with Crippen molar-refractivity contribution in [3.8, 4) is 11.1 Å². The van der Waals surface area contributed by atoms with Crippen LogP contribution in [-0.4, -0.2) is 33.4 Å². The summed E-state index contributed by atoms with van der Waals surface area (Å²) >= 11 is 6.28. The van der Waals surface area contributed by atoms with Crippen LogP contribution in [-0.2, 0) is 39.8 Å². The number of carbonyl (C=O) groups excluding carboxylic acids is 2. The zero-order valence-corrected chi connectivity index (χ0v) is 19.8. The van der Waals surface area contributed by atoms with E-state index in [9.17, 15) is 35.9 Å². The smallest absolute Gasteiger partial charge is 0.416 e. The second kappa shape index (κ2) is 11.2.